The molecule has 4 heteroatoms. The van der Waals surface area contributed by atoms with E-state index >= 15 is 0 Å². The van der Waals surface area contributed by atoms with Gasteiger partial charge in [0.1, 0.15) is 0 Å². The molecule has 0 aliphatic heterocycles. The molecule has 0 fully saturated rings. The van der Waals surface area contributed by atoms with Gasteiger partial charge in [0, 0.05) is 12.1 Å². The van der Waals surface area contributed by atoms with Crippen molar-refractivity contribution in [3.8, 4) is 0 Å². The van der Waals surface area contributed by atoms with Crippen LogP contribution < -0.4 is 10.6 Å². The topological polar surface area (TPSA) is 58.2 Å². The van der Waals surface area contributed by atoms with Gasteiger partial charge in [0.05, 0.1) is 11.3 Å². The molecule has 0 atom stereocenters. The molecule has 0 heterocycles. The molecule has 0 spiro atoms. The Balaban J connectivity index is 2.05. The number of carbonyl (C=O) groups is 2. The third-order valence-electron chi connectivity index (χ3n) is 3.52. The molecule has 2 amide bonds. The van der Waals surface area contributed by atoms with Crippen LogP contribution in [0.15, 0.2) is 54.6 Å². The van der Waals surface area contributed by atoms with Gasteiger partial charge in [-0.1, -0.05) is 50.1 Å². The van der Waals surface area contributed by atoms with E-state index < -0.39 is 0 Å². The molecule has 0 bridgehead atoms. The van der Waals surface area contributed by atoms with Crippen LogP contribution >= 0.6 is 0 Å². The largest absolute Gasteiger partial charge is 0.352 e. The maximum absolute atomic E-state index is 12.3. The maximum Gasteiger partial charge on any atom is 0.255 e. The highest BCUT2D eigenvalue weighted by atomic mass is 16.2. The van der Waals surface area contributed by atoms with Crippen LogP contribution in [0.2, 0.25) is 0 Å². The van der Waals surface area contributed by atoms with E-state index in [1.807, 2.05) is 6.07 Å². The predicted molar refractivity (Wildman–Crippen MR) is 92.7 cm³/mol. The third-order valence-corrected chi connectivity index (χ3v) is 3.52. The van der Waals surface area contributed by atoms with Crippen molar-refractivity contribution >= 4 is 17.5 Å². The number of para-hydroxylation sites is 1. The summed E-state index contributed by atoms with van der Waals surface area (Å²) in [4.78, 5) is 24.5. The van der Waals surface area contributed by atoms with Crippen molar-refractivity contribution < 1.29 is 9.59 Å². The average molecular weight is 310 g/mol. The van der Waals surface area contributed by atoms with Gasteiger partial charge in [-0.05, 0) is 30.7 Å². The minimum absolute atomic E-state index is 0.162. The van der Waals surface area contributed by atoms with Crippen molar-refractivity contribution in [2.75, 3.05) is 11.9 Å². The molecule has 0 saturated heterocycles. The van der Waals surface area contributed by atoms with E-state index in [0.717, 1.165) is 19.3 Å². The Morgan fingerprint density at radius 1 is 0.870 bits per heavy atom. The summed E-state index contributed by atoms with van der Waals surface area (Å²) >= 11 is 0. The standard InChI is InChI=1S/C19H22N2O2/c1-2-3-9-14-20-19(23)16-12-7-8-13-17(16)21-18(22)15-10-5-4-6-11-15/h4-8,10-13H,2-3,9,14H2,1H3,(H,20,23)(H,21,22). The summed E-state index contributed by atoms with van der Waals surface area (Å²) < 4.78 is 0. The van der Waals surface area contributed by atoms with Crippen molar-refractivity contribution in [1.29, 1.82) is 0 Å². The summed E-state index contributed by atoms with van der Waals surface area (Å²) in [5.41, 5.74) is 1.56. The summed E-state index contributed by atoms with van der Waals surface area (Å²) in [5, 5.41) is 5.71. The van der Waals surface area contributed by atoms with Crippen molar-refractivity contribution in [3.63, 3.8) is 0 Å². The SMILES string of the molecule is CCCCCNC(=O)c1ccccc1NC(=O)c1ccccc1. The zero-order chi connectivity index (χ0) is 16.5. The molecule has 2 aromatic rings. The first-order valence-electron chi connectivity index (χ1n) is 7.96. The second-order valence-corrected chi connectivity index (χ2v) is 5.33. The zero-order valence-corrected chi connectivity index (χ0v) is 13.3. The van der Waals surface area contributed by atoms with Crippen molar-refractivity contribution in [2.45, 2.75) is 26.2 Å². The Morgan fingerprint density at radius 3 is 2.30 bits per heavy atom. The lowest BCUT2D eigenvalue weighted by atomic mass is 10.1. The fourth-order valence-corrected chi connectivity index (χ4v) is 2.25. The number of hydrogen-bond acceptors (Lipinski definition) is 2. The Bertz CT molecular complexity index is 653. The Labute approximate surface area is 136 Å². The summed E-state index contributed by atoms with van der Waals surface area (Å²) in [6, 6.07) is 16.0. The quantitative estimate of drug-likeness (QED) is 0.763. The average Bonchev–Trinajstić information content (AvgIpc) is 2.60. The van der Waals surface area contributed by atoms with Crippen LogP contribution in [0.3, 0.4) is 0 Å². The van der Waals surface area contributed by atoms with Crippen LogP contribution in [0.4, 0.5) is 5.69 Å². The predicted octanol–water partition coefficient (Wildman–Crippen LogP) is 3.86. The molecule has 0 radical (unpaired) electrons. The van der Waals surface area contributed by atoms with Crippen LogP contribution in [-0.2, 0) is 0 Å². The summed E-state index contributed by atoms with van der Waals surface area (Å²) in [6.07, 6.45) is 3.16. The fourth-order valence-electron chi connectivity index (χ4n) is 2.25. The van der Waals surface area contributed by atoms with Crippen LogP contribution in [-0.4, -0.2) is 18.4 Å². The second kappa shape index (κ2) is 8.73. The third kappa shape index (κ3) is 4.95. The molecule has 0 saturated carbocycles. The number of rotatable bonds is 7. The second-order valence-electron chi connectivity index (χ2n) is 5.33. The van der Waals surface area contributed by atoms with Gasteiger partial charge in [-0.25, -0.2) is 0 Å². The van der Waals surface area contributed by atoms with Gasteiger partial charge in [0.2, 0.25) is 0 Å². The summed E-state index contributed by atoms with van der Waals surface area (Å²) in [7, 11) is 0. The van der Waals surface area contributed by atoms with E-state index in [0.29, 0.717) is 23.4 Å². The summed E-state index contributed by atoms with van der Waals surface area (Å²) in [6.45, 7) is 2.77. The Hall–Kier alpha value is -2.62. The van der Waals surface area contributed by atoms with Gasteiger partial charge in [-0.15, -0.1) is 0 Å². The van der Waals surface area contributed by atoms with Crippen LogP contribution in [0, 0.1) is 0 Å². The van der Waals surface area contributed by atoms with Crippen molar-refractivity contribution in [2.24, 2.45) is 0 Å². The van der Waals surface area contributed by atoms with Crippen molar-refractivity contribution in [1.82, 2.24) is 5.32 Å². The van der Waals surface area contributed by atoms with E-state index in [2.05, 4.69) is 17.6 Å². The fraction of sp³-hybridized carbons (Fsp3) is 0.263. The molecule has 4 nitrogen and oxygen atoms in total. The minimum Gasteiger partial charge on any atom is -0.352 e. The van der Waals surface area contributed by atoms with E-state index in [-0.39, 0.29) is 11.8 Å². The monoisotopic (exact) mass is 310 g/mol. The van der Waals surface area contributed by atoms with Crippen LogP contribution in [0.5, 0.6) is 0 Å². The number of unbranched alkanes of at least 4 members (excludes halogenated alkanes) is 2. The molecule has 0 aliphatic rings. The Morgan fingerprint density at radius 2 is 1.57 bits per heavy atom. The molecular weight excluding hydrogens is 288 g/mol. The lowest BCUT2D eigenvalue weighted by molar-refractivity contribution is 0.0954. The molecule has 0 aliphatic carbocycles. The maximum atomic E-state index is 12.3. The van der Waals surface area contributed by atoms with Gasteiger partial charge in [0.15, 0.2) is 0 Å². The molecule has 2 aromatic carbocycles. The molecule has 0 aromatic heterocycles. The Kier molecular flexibility index (Phi) is 6.36. The normalized spacial score (nSPS) is 10.1. The number of benzene rings is 2. The zero-order valence-electron chi connectivity index (χ0n) is 13.3. The molecule has 0 unspecified atom stereocenters. The lowest BCUT2D eigenvalue weighted by Gasteiger charge is -2.11. The molecule has 2 rings (SSSR count). The van der Waals surface area contributed by atoms with E-state index in [1.165, 1.54) is 0 Å². The van der Waals surface area contributed by atoms with E-state index in [9.17, 15) is 9.59 Å². The van der Waals surface area contributed by atoms with E-state index in [1.54, 1.807) is 48.5 Å². The lowest BCUT2D eigenvalue weighted by Crippen LogP contribution is -2.26. The van der Waals surface area contributed by atoms with Gasteiger partial charge < -0.3 is 10.6 Å². The highest BCUT2D eigenvalue weighted by Crippen LogP contribution is 2.16. The first-order chi connectivity index (χ1) is 11.2. The molecule has 2 N–H and O–H groups in total. The van der Waals surface area contributed by atoms with Gasteiger partial charge in [-0.3, -0.25) is 9.59 Å². The number of amides is 2. The number of carbonyl (C=O) groups excluding carboxylic acids is 2. The van der Waals surface area contributed by atoms with Gasteiger partial charge in [0.25, 0.3) is 11.8 Å². The summed E-state index contributed by atoms with van der Waals surface area (Å²) in [5.74, 6) is -0.387. The minimum atomic E-state index is -0.225. The van der Waals surface area contributed by atoms with Gasteiger partial charge >= 0.3 is 0 Å². The first kappa shape index (κ1) is 16.7. The number of hydrogen-bond donors (Lipinski definition) is 2. The van der Waals surface area contributed by atoms with Gasteiger partial charge in [-0.2, -0.15) is 0 Å². The van der Waals surface area contributed by atoms with Crippen LogP contribution in [0.1, 0.15) is 46.9 Å². The molecule has 23 heavy (non-hydrogen) atoms. The first-order valence-corrected chi connectivity index (χ1v) is 7.96. The number of nitrogens with one attached hydrogen (secondary N) is 2. The number of anilines is 1. The van der Waals surface area contributed by atoms with Crippen LogP contribution in [0.25, 0.3) is 0 Å². The van der Waals surface area contributed by atoms with E-state index in [4.69, 9.17) is 0 Å². The molecular formula is C19H22N2O2. The van der Waals surface area contributed by atoms with Crippen molar-refractivity contribution in [3.05, 3.63) is 65.7 Å². The highest BCUT2D eigenvalue weighted by Gasteiger charge is 2.13. The smallest absolute Gasteiger partial charge is 0.255 e. The highest BCUT2D eigenvalue weighted by molar-refractivity contribution is 6.08. The molecule has 120 valence electrons.